The van der Waals surface area contributed by atoms with E-state index in [1.165, 1.54) is 0 Å². The fourth-order valence-corrected chi connectivity index (χ4v) is 6.69. The quantitative estimate of drug-likeness (QED) is 0.188. The van der Waals surface area contributed by atoms with Gasteiger partial charge in [0.15, 0.2) is 14.1 Å². The van der Waals surface area contributed by atoms with Gasteiger partial charge in [0.05, 0.1) is 39.1 Å². The van der Waals surface area contributed by atoms with E-state index in [1.54, 1.807) is 13.2 Å². The Morgan fingerprint density at radius 1 is 0.711 bits per heavy atom. The monoisotopic (exact) mass is 630 g/mol. The molecule has 0 bridgehead atoms. The van der Waals surface area contributed by atoms with Crippen molar-refractivity contribution in [2.75, 3.05) is 7.11 Å². The fraction of sp³-hybridized carbons (Fsp3) is 0.447. The highest BCUT2D eigenvalue weighted by atomic mass is 28.4. The average Bonchev–Trinajstić information content (AvgIpc) is 3.01. The van der Waals surface area contributed by atoms with Gasteiger partial charge in [0.2, 0.25) is 0 Å². The fourth-order valence-electron chi connectivity index (χ4n) is 5.27. The Labute approximate surface area is 270 Å². The highest BCUT2D eigenvalue weighted by Crippen LogP contribution is 2.44. The van der Waals surface area contributed by atoms with E-state index in [-0.39, 0.29) is 10.8 Å². The summed E-state index contributed by atoms with van der Waals surface area (Å²) >= 11 is 0. The lowest BCUT2D eigenvalue weighted by atomic mass is 9.73. The Morgan fingerprint density at radius 2 is 1.22 bits per heavy atom. The molecule has 0 unspecified atom stereocenters. The largest absolute Gasteiger partial charge is 0.497 e. The summed E-state index contributed by atoms with van der Waals surface area (Å²) in [5.41, 5.74) is 2.35. The molecule has 0 saturated carbocycles. The van der Waals surface area contributed by atoms with Crippen LogP contribution in [0.4, 0.5) is 0 Å². The number of hydrogen-bond acceptors (Lipinski definition) is 6. The molecule has 0 N–H and O–H groups in total. The second-order valence-electron chi connectivity index (χ2n) is 13.9. The second-order valence-corrected chi connectivity index (χ2v) is 18.7. The van der Waals surface area contributed by atoms with E-state index in [2.05, 4.69) is 47.7 Å². The molecule has 0 saturated heterocycles. The molecule has 0 radical (unpaired) electrons. The van der Waals surface area contributed by atoms with Crippen molar-refractivity contribution in [2.45, 2.75) is 97.0 Å². The zero-order chi connectivity index (χ0) is 32.7. The van der Waals surface area contributed by atoms with Gasteiger partial charge in [-0.25, -0.2) is 0 Å². The van der Waals surface area contributed by atoms with Crippen LogP contribution in [-0.2, 0) is 43.3 Å². The van der Waals surface area contributed by atoms with Crippen LogP contribution in [0.5, 0.6) is 5.75 Å². The van der Waals surface area contributed by atoms with Crippen LogP contribution in [0.3, 0.4) is 0 Å². The zero-order valence-corrected chi connectivity index (χ0v) is 29.1. The van der Waals surface area contributed by atoms with Crippen LogP contribution < -0.4 is 4.74 Å². The van der Waals surface area contributed by atoms with Crippen molar-refractivity contribution in [3.63, 3.8) is 0 Å². The minimum absolute atomic E-state index is 0.0863. The van der Waals surface area contributed by atoms with Gasteiger partial charge in [0.25, 0.3) is 0 Å². The Balaban J connectivity index is 1.74. The molecule has 0 aromatic heterocycles. The van der Waals surface area contributed by atoms with Crippen molar-refractivity contribution < 1.29 is 28.2 Å². The molecular weight excluding hydrogens is 580 g/mol. The summed E-state index contributed by atoms with van der Waals surface area (Å²) in [5.74, 6) is 0.654. The van der Waals surface area contributed by atoms with Crippen molar-refractivity contribution in [2.24, 2.45) is 5.41 Å². The van der Waals surface area contributed by atoms with E-state index < -0.39 is 38.1 Å². The van der Waals surface area contributed by atoms with Crippen molar-refractivity contribution in [3.05, 3.63) is 114 Å². The summed E-state index contributed by atoms with van der Waals surface area (Å²) in [6, 6.07) is 27.9. The lowest BCUT2D eigenvalue weighted by molar-refractivity contribution is -0.178. The number of rotatable bonds is 12. The van der Waals surface area contributed by atoms with Gasteiger partial charge in [0, 0.05) is 5.41 Å². The molecule has 1 aliphatic carbocycles. The Hall–Kier alpha value is -3.07. The highest BCUT2D eigenvalue weighted by Gasteiger charge is 2.53. The number of hydrogen-bond donors (Lipinski definition) is 0. The number of ether oxygens (including phenoxy) is 4. The predicted molar refractivity (Wildman–Crippen MR) is 182 cm³/mol. The van der Waals surface area contributed by atoms with Crippen LogP contribution in [0.1, 0.15) is 51.3 Å². The third kappa shape index (κ3) is 9.02. The lowest BCUT2D eigenvalue weighted by Crippen LogP contribution is -2.60. The molecule has 0 spiro atoms. The van der Waals surface area contributed by atoms with Crippen LogP contribution in [-0.4, -0.2) is 45.6 Å². The minimum Gasteiger partial charge on any atom is -0.497 e. The van der Waals surface area contributed by atoms with Gasteiger partial charge in [-0.3, -0.25) is 4.79 Å². The van der Waals surface area contributed by atoms with Crippen LogP contribution in [0.15, 0.2) is 97.1 Å². The maximum absolute atomic E-state index is 14.0. The summed E-state index contributed by atoms with van der Waals surface area (Å²) in [4.78, 5) is 14.0. The average molecular weight is 631 g/mol. The Kier molecular flexibility index (Phi) is 11.6. The number of ketones is 1. The molecule has 0 aliphatic heterocycles. The van der Waals surface area contributed by atoms with E-state index in [0.717, 1.165) is 22.4 Å². The van der Waals surface area contributed by atoms with E-state index in [0.29, 0.717) is 19.8 Å². The van der Waals surface area contributed by atoms with E-state index in [4.69, 9.17) is 23.4 Å². The summed E-state index contributed by atoms with van der Waals surface area (Å²) < 4.78 is 32.5. The van der Waals surface area contributed by atoms with E-state index in [9.17, 15) is 4.79 Å². The van der Waals surface area contributed by atoms with Crippen molar-refractivity contribution >= 4 is 14.1 Å². The molecule has 242 valence electrons. The minimum atomic E-state index is -2.39. The molecule has 0 fully saturated rings. The number of methoxy groups -OCH3 is 1. The van der Waals surface area contributed by atoms with Gasteiger partial charge in [0.1, 0.15) is 18.0 Å². The first kappa shape index (κ1) is 34.8. The van der Waals surface area contributed by atoms with Gasteiger partial charge >= 0.3 is 0 Å². The molecule has 0 amide bonds. The first-order valence-corrected chi connectivity index (χ1v) is 18.7. The molecule has 4 atom stereocenters. The smallest absolute Gasteiger partial charge is 0.192 e. The summed E-state index contributed by atoms with van der Waals surface area (Å²) in [7, 11) is -0.730. The molecule has 0 heterocycles. The van der Waals surface area contributed by atoms with Crippen LogP contribution in [0.25, 0.3) is 0 Å². The maximum atomic E-state index is 14.0. The van der Waals surface area contributed by atoms with Crippen molar-refractivity contribution in [3.8, 4) is 5.75 Å². The van der Waals surface area contributed by atoms with Gasteiger partial charge in [-0.1, -0.05) is 107 Å². The first-order valence-electron chi connectivity index (χ1n) is 15.8. The van der Waals surface area contributed by atoms with Gasteiger partial charge in [-0.15, -0.1) is 0 Å². The maximum Gasteiger partial charge on any atom is 0.192 e. The van der Waals surface area contributed by atoms with E-state index in [1.807, 2.05) is 91.0 Å². The summed E-state index contributed by atoms with van der Waals surface area (Å²) in [6.07, 6.45) is 1.05. The third-order valence-corrected chi connectivity index (χ3v) is 13.6. The SMILES string of the molecule is COc1ccc(CO[C@H]2[C@@H](OCc3ccccc3)/C=C\C(=O)[C@H](OCc3ccccc3)[C@H](O[Si](C)(C)C(C)(C)C)C2(C)C)cc1. The molecule has 7 heteroatoms. The molecule has 3 aromatic rings. The molecule has 6 nitrogen and oxygen atoms in total. The number of benzene rings is 3. The number of carbonyl (C=O) groups excluding carboxylic acids is 1. The van der Waals surface area contributed by atoms with Crippen LogP contribution in [0, 0.1) is 5.41 Å². The number of carbonyl (C=O) groups is 1. The topological polar surface area (TPSA) is 63.2 Å². The Morgan fingerprint density at radius 3 is 1.76 bits per heavy atom. The molecule has 1 aliphatic rings. The van der Waals surface area contributed by atoms with E-state index >= 15 is 0 Å². The second kappa shape index (κ2) is 15.0. The predicted octanol–water partition coefficient (Wildman–Crippen LogP) is 8.31. The molecule has 3 aromatic carbocycles. The molecular formula is C38H50O6Si. The summed E-state index contributed by atoms with van der Waals surface area (Å²) in [5, 5.41) is -0.0863. The highest BCUT2D eigenvalue weighted by molar-refractivity contribution is 6.74. The Bertz CT molecular complexity index is 1380. The molecule has 45 heavy (non-hydrogen) atoms. The zero-order valence-electron chi connectivity index (χ0n) is 28.1. The lowest BCUT2D eigenvalue weighted by Gasteiger charge is -2.50. The van der Waals surface area contributed by atoms with Crippen molar-refractivity contribution in [1.29, 1.82) is 0 Å². The van der Waals surface area contributed by atoms with Crippen LogP contribution in [0.2, 0.25) is 18.1 Å². The summed E-state index contributed by atoms with van der Waals surface area (Å²) in [6.45, 7) is 16.3. The van der Waals surface area contributed by atoms with Crippen LogP contribution >= 0.6 is 0 Å². The van der Waals surface area contributed by atoms with Crippen molar-refractivity contribution in [1.82, 2.24) is 0 Å². The van der Waals surface area contributed by atoms with Gasteiger partial charge in [-0.05, 0) is 59.1 Å². The normalized spacial score (nSPS) is 22.8. The van der Waals surface area contributed by atoms with Gasteiger partial charge in [-0.2, -0.15) is 0 Å². The third-order valence-electron chi connectivity index (χ3n) is 9.14. The first-order chi connectivity index (χ1) is 21.3. The standard InChI is InChI=1S/C38H50O6Si/c1-37(2,3)45(7,8)44-36-34(42-26-29-17-13-10-14-18-29)32(39)23-24-33(41-25-28-15-11-9-12-16-28)35(38(36,4)5)43-27-30-19-21-31(40-6)22-20-30/h9-24,33-36H,25-27H2,1-8H3/b24-23-/t33-,34-,35-,36-/m0/s1. The molecule has 4 rings (SSSR count). The van der Waals surface area contributed by atoms with Gasteiger partial charge < -0.3 is 23.4 Å².